The third kappa shape index (κ3) is 3.68. The van der Waals surface area contributed by atoms with Gasteiger partial charge < -0.3 is 0 Å². The first-order valence-corrected chi connectivity index (χ1v) is 8.08. The Bertz CT molecular complexity index is 679. The zero-order valence-corrected chi connectivity index (χ0v) is 12.6. The second-order valence-corrected chi connectivity index (χ2v) is 6.64. The SMILES string of the molecule is Cc1ccc(S(=O)(=O)NCCc2ccccc2)c(C)c1. The summed E-state index contributed by atoms with van der Waals surface area (Å²) in [6, 6.07) is 15.2. The first kappa shape index (κ1) is 14.8. The Balaban J connectivity index is 2.04. The largest absolute Gasteiger partial charge is 0.240 e. The third-order valence-corrected chi connectivity index (χ3v) is 4.79. The van der Waals surface area contributed by atoms with Crippen LogP contribution in [-0.4, -0.2) is 15.0 Å². The summed E-state index contributed by atoms with van der Waals surface area (Å²) < 4.78 is 27.1. The fourth-order valence-corrected chi connectivity index (χ4v) is 3.41. The first-order chi connectivity index (χ1) is 9.49. The van der Waals surface area contributed by atoms with E-state index in [0.29, 0.717) is 17.9 Å². The topological polar surface area (TPSA) is 46.2 Å². The van der Waals surface area contributed by atoms with Gasteiger partial charge in [-0.15, -0.1) is 0 Å². The van der Waals surface area contributed by atoms with Crippen LogP contribution in [0.3, 0.4) is 0 Å². The van der Waals surface area contributed by atoms with E-state index in [9.17, 15) is 8.42 Å². The van der Waals surface area contributed by atoms with Crippen molar-refractivity contribution in [3.05, 3.63) is 65.2 Å². The highest BCUT2D eigenvalue weighted by molar-refractivity contribution is 7.89. The summed E-state index contributed by atoms with van der Waals surface area (Å²) in [4.78, 5) is 0.358. The van der Waals surface area contributed by atoms with Gasteiger partial charge in [-0.05, 0) is 37.5 Å². The second kappa shape index (κ2) is 6.20. The van der Waals surface area contributed by atoms with Crippen molar-refractivity contribution in [2.45, 2.75) is 25.2 Å². The van der Waals surface area contributed by atoms with Crippen LogP contribution in [0, 0.1) is 13.8 Å². The average Bonchev–Trinajstić information content (AvgIpc) is 2.39. The molecule has 2 rings (SSSR count). The van der Waals surface area contributed by atoms with Gasteiger partial charge in [0.2, 0.25) is 10.0 Å². The molecule has 0 saturated carbocycles. The van der Waals surface area contributed by atoms with Crippen molar-refractivity contribution in [1.29, 1.82) is 0 Å². The van der Waals surface area contributed by atoms with Crippen LogP contribution in [0.25, 0.3) is 0 Å². The van der Waals surface area contributed by atoms with Crippen LogP contribution in [0.1, 0.15) is 16.7 Å². The van der Waals surface area contributed by atoms with E-state index in [1.54, 1.807) is 6.07 Å². The average molecular weight is 289 g/mol. The minimum absolute atomic E-state index is 0.358. The van der Waals surface area contributed by atoms with Crippen molar-refractivity contribution >= 4 is 10.0 Å². The number of aryl methyl sites for hydroxylation is 2. The van der Waals surface area contributed by atoms with Crippen molar-refractivity contribution < 1.29 is 8.42 Å². The normalized spacial score (nSPS) is 11.5. The third-order valence-electron chi connectivity index (χ3n) is 3.17. The molecule has 0 heterocycles. The number of hydrogen-bond acceptors (Lipinski definition) is 2. The molecule has 0 unspecified atom stereocenters. The molecular weight excluding hydrogens is 270 g/mol. The maximum atomic E-state index is 12.2. The Labute approximate surface area is 120 Å². The molecule has 0 fully saturated rings. The van der Waals surface area contributed by atoms with Crippen molar-refractivity contribution in [3.63, 3.8) is 0 Å². The lowest BCUT2D eigenvalue weighted by Crippen LogP contribution is -2.26. The molecular formula is C16H19NO2S. The fourth-order valence-electron chi connectivity index (χ4n) is 2.15. The van der Waals surface area contributed by atoms with Gasteiger partial charge in [0.15, 0.2) is 0 Å². The minimum Gasteiger partial charge on any atom is -0.211 e. The van der Waals surface area contributed by atoms with E-state index in [1.807, 2.05) is 56.3 Å². The molecule has 0 atom stereocenters. The van der Waals surface area contributed by atoms with E-state index in [4.69, 9.17) is 0 Å². The van der Waals surface area contributed by atoms with Crippen molar-refractivity contribution in [3.8, 4) is 0 Å². The number of sulfonamides is 1. The molecule has 0 spiro atoms. The highest BCUT2D eigenvalue weighted by Crippen LogP contribution is 2.16. The minimum atomic E-state index is -3.43. The lowest BCUT2D eigenvalue weighted by atomic mass is 10.2. The van der Waals surface area contributed by atoms with Gasteiger partial charge >= 0.3 is 0 Å². The van der Waals surface area contributed by atoms with E-state index >= 15 is 0 Å². The van der Waals surface area contributed by atoms with Crippen LogP contribution in [0.2, 0.25) is 0 Å². The van der Waals surface area contributed by atoms with Gasteiger partial charge in [0, 0.05) is 6.54 Å². The quantitative estimate of drug-likeness (QED) is 0.920. The zero-order chi connectivity index (χ0) is 14.6. The van der Waals surface area contributed by atoms with E-state index in [2.05, 4.69) is 4.72 Å². The predicted molar refractivity (Wildman–Crippen MR) is 81.3 cm³/mol. The summed E-state index contributed by atoms with van der Waals surface area (Å²) in [5, 5.41) is 0. The van der Waals surface area contributed by atoms with Crippen LogP contribution in [0.5, 0.6) is 0 Å². The van der Waals surface area contributed by atoms with E-state index in [-0.39, 0.29) is 0 Å². The van der Waals surface area contributed by atoms with Crippen molar-refractivity contribution in [1.82, 2.24) is 4.72 Å². The molecule has 3 nitrogen and oxygen atoms in total. The van der Waals surface area contributed by atoms with E-state index in [0.717, 1.165) is 16.7 Å². The van der Waals surface area contributed by atoms with Crippen molar-refractivity contribution in [2.24, 2.45) is 0 Å². The molecule has 0 saturated heterocycles. The molecule has 0 bridgehead atoms. The summed E-state index contributed by atoms with van der Waals surface area (Å²) in [7, 11) is -3.43. The fraction of sp³-hybridized carbons (Fsp3) is 0.250. The summed E-state index contributed by atoms with van der Waals surface area (Å²) in [5.74, 6) is 0. The number of hydrogen-bond donors (Lipinski definition) is 1. The Kier molecular flexibility index (Phi) is 4.57. The highest BCUT2D eigenvalue weighted by atomic mass is 32.2. The number of benzene rings is 2. The Morgan fingerprint density at radius 1 is 1.00 bits per heavy atom. The van der Waals surface area contributed by atoms with Crippen LogP contribution < -0.4 is 4.72 Å². The number of rotatable bonds is 5. The smallest absolute Gasteiger partial charge is 0.211 e. The Morgan fingerprint density at radius 2 is 1.70 bits per heavy atom. The molecule has 0 aliphatic carbocycles. The Morgan fingerprint density at radius 3 is 2.35 bits per heavy atom. The van der Waals surface area contributed by atoms with Crippen LogP contribution in [0.4, 0.5) is 0 Å². The van der Waals surface area contributed by atoms with E-state index in [1.165, 1.54) is 0 Å². The molecule has 0 amide bonds. The first-order valence-electron chi connectivity index (χ1n) is 6.60. The monoisotopic (exact) mass is 289 g/mol. The van der Waals surface area contributed by atoms with Crippen LogP contribution in [0.15, 0.2) is 53.4 Å². The molecule has 2 aromatic rings. The maximum absolute atomic E-state index is 12.2. The Hall–Kier alpha value is -1.65. The van der Waals surface area contributed by atoms with Gasteiger partial charge in [-0.2, -0.15) is 0 Å². The maximum Gasteiger partial charge on any atom is 0.240 e. The molecule has 1 N–H and O–H groups in total. The molecule has 20 heavy (non-hydrogen) atoms. The van der Waals surface area contributed by atoms with Crippen LogP contribution >= 0.6 is 0 Å². The molecule has 2 aromatic carbocycles. The van der Waals surface area contributed by atoms with Gasteiger partial charge in [0.25, 0.3) is 0 Å². The van der Waals surface area contributed by atoms with Crippen LogP contribution in [-0.2, 0) is 16.4 Å². The number of nitrogens with one attached hydrogen (secondary N) is 1. The molecule has 4 heteroatoms. The summed E-state index contributed by atoms with van der Waals surface area (Å²) in [5.41, 5.74) is 2.96. The highest BCUT2D eigenvalue weighted by Gasteiger charge is 2.15. The molecule has 0 aromatic heterocycles. The van der Waals surface area contributed by atoms with Gasteiger partial charge in [-0.25, -0.2) is 13.1 Å². The lowest BCUT2D eigenvalue weighted by molar-refractivity contribution is 0.581. The summed E-state index contributed by atoms with van der Waals surface area (Å²) >= 11 is 0. The molecule has 0 aliphatic rings. The molecule has 0 radical (unpaired) electrons. The standard InChI is InChI=1S/C16H19NO2S/c1-13-8-9-16(14(2)12-13)20(18,19)17-11-10-15-6-4-3-5-7-15/h3-9,12,17H,10-11H2,1-2H3. The van der Waals surface area contributed by atoms with Crippen molar-refractivity contribution in [2.75, 3.05) is 6.54 Å². The summed E-state index contributed by atoms with van der Waals surface area (Å²) in [6.45, 7) is 4.17. The second-order valence-electron chi connectivity index (χ2n) is 4.90. The predicted octanol–water partition coefficient (Wildman–Crippen LogP) is 2.82. The summed E-state index contributed by atoms with van der Waals surface area (Å²) in [6.07, 6.45) is 0.685. The van der Waals surface area contributed by atoms with Gasteiger partial charge in [-0.1, -0.05) is 48.0 Å². The van der Waals surface area contributed by atoms with Gasteiger partial charge in [-0.3, -0.25) is 0 Å². The molecule has 106 valence electrons. The lowest BCUT2D eigenvalue weighted by Gasteiger charge is -2.10. The van der Waals surface area contributed by atoms with Gasteiger partial charge in [0.1, 0.15) is 0 Å². The zero-order valence-electron chi connectivity index (χ0n) is 11.8. The van der Waals surface area contributed by atoms with Gasteiger partial charge in [0.05, 0.1) is 4.90 Å². The molecule has 0 aliphatic heterocycles. The van der Waals surface area contributed by atoms with E-state index < -0.39 is 10.0 Å².